The molecule has 1 aliphatic carbocycles. The van der Waals surface area contributed by atoms with E-state index in [1.54, 1.807) is 12.1 Å². The fourth-order valence-electron chi connectivity index (χ4n) is 3.19. The molecule has 1 amide bonds. The maximum Gasteiger partial charge on any atom is 0.240 e. The molecular weight excluding hydrogens is 368 g/mol. The van der Waals surface area contributed by atoms with Crippen molar-refractivity contribution in [1.82, 2.24) is 5.32 Å². The second-order valence-corrected chi connectivity index (χ2v) is 10.2. The summed E-state index contributed by atoms with van der Waals surface area (Å²) in [5.41, 5.74) is 1.38. The summed E-state index contributed by atoms with van der Waals surface area (Å²) in [6, 6.07) is 7.20. The number of sulfonamides is 1. The van der Waals surface area contributed by atoms with Gasteiger partial charge in [0.1, 0.15) is 6.54 Å². The molecule has 0 bridgehead atoms. The quantitative estimate of drug-likeness (QED) is 0.648. The predicted octanol–water partition coefficient (Wildman–Crippen LogP) is 3.33. The summed E-state index contributed by atoms with van der Waals surface area (Å²) in [4.78, 5) is 12.2. The van der Waals surface area contributed by atoms with Crippen LogP contribution in [0.25, 0.3) is 0 Å². The highest BCUT2D eigenvalue weighted by Crippen LogP contribution is 2.28. The first-order valence-electron chi connectivity index (χ1n) is 9.29. The summed E-state index contributed by atoms with van der Waals surface area (Å²) in [5.74, 6) is 0.778. The summed E-state index contributed by atoms with van der Waals surface area (Å²) in [6.07, 6.45) is 8.73. The average molecular weight is 399 g/mol. The number of hydrogen-bond acceptors (Lipinski definition) is 4. The van der Waals surface area contributed by atoms with Crippen LogP contribution in [0.15, 0.2) is 24.3 Å². The highest BCUT2D eigenvalue weighted by Gasteiger charge is 2.22. The Hall–Kier alpha value is -1.21. The number of nitrogens with zero attached hydrogens (tertiary/aromatic N) is 1. The minimum Gasteiger partial charge on any atom is -0.354 e. The molecule has 1 N–H and O–H groups in total. The van der Waals surface area contributed by atoms with Gasteiger partial charge in [-0.2, -0.15) is 11.8 Å². The fraction of sp³-hybridized carbons (Fsp3) is 0.632. The van der Waals surface area contributed by atoms with Crippen molar-refractivity contribution in [3.63, 3.8) is 0 Å². The normalized spacial score (nSPS) is 15.6. The molecule has 0 saturated heterocycles. The molecule has 1 aliphatic rings. The Balaban J connectivity index is 1.78. The second-order valence-electron chi connectivity index (χ2n) is 6.89. The minimum absolute atomic E-state index is 0.181. The lowest BCUT2D eigenvalue weighted by molar-refractivity contribution is -0.119. The van der Waals surface area contributed by atoms with E-state index in [2.05, 4.69) is 5.32 Å². The van der Waals surface area contributed by atoms with Crippen LogP contribution in [-0.2, 0) is 14.8 Å². The third-order valence-electron chi connectivity index (χ3n) is 4.62. The molecule has 0 aromatic heterocycles. The average Bonchev–Trinajstić information content (AvgIpc) is 2.60. The molecule has 146 valence electrons. The number of carbonyl (C=O) groups is 1. The highest BCUT2D eigenvalue weighted by molar-refractivity contribution is 7.99. The number of para-hydroxylation sites is 1. The Morgan fingerprint density at radius 2 is 1.92 bits per heavy atom. The van der Waals surface area contributed by atoms with Crippen molar-refractivity contribution in [2.24, 2.45) is 0 Å². The molecule has 1 aromatic rings. The third-order valence-corrected chi connectivity index (χ3v) is 7.21. The van der Waals surface area contributed by atoms with E-state index in [4.69, 9.17) is 0 Å². The summed E-state index contributed by atoms with van der Waals surface area (Å²) in [5, 5.41) is 3.63. The van der Waals surface area contributed by atoms with Gasteiger partial charge in [-0.15, -0.1) is 0 Å². The van der Waals surface area contributed by atoms with Crippen LogP contribution >= 0.6 is 11.8 Å². The molecule has 5 nitrogen and oxygen atoms in total. The van der Waals surface area contributed by atoms with E-state index in [0.717, 1.165) is 29.2 Å². The number of carbonyl (C=O) groups excluding carboxylic acids is 1. The van der Waals surface area contributed by atoms with Crippen molar-refractivity contribution in [3.8, 4) is 0 Å². The van der Waals surface area contributed by atoms with Crippen molar-refractivity contribution >= 4 is 33.4 Å². The van der Waals surface area contributed by atoms with Crippen molar-refractivity contribution < 1.29 is 13.2 Å². The van der Waals surface area contributed by atoms with E-state index >= 15 is 0 Å². The summed E-state index contributed by atoms with van der Waals surface area (Å²) in [7, 11) is -3.52. The molecule has 0 radical (unpaired) electrons. The molecule has 0 atom stereocenters. The largest absolute Gasteiger partial charge is 0.354 e. The first kappa shape index (κ1) is 21.1. The smallest absolute Gasteiger partial charge is 0.240 e. The lowest BCUT2D eigenvalue weighted by atomic mass is 10.0. The van der Waals surface area contributed by atoms with Gasteiger partial charge in [-0.1, -0.05) is 37.5 Å². The zero-order valence-electron chi connectivity index (χ0n) is 15.7. The lowest BCUT2D eigenvalue weighted by Gasteiger charge is -2.23. The molecule has 0 heterocycles. The maximum atomic E-state index is 12.2. The van der Waals surface area contributed by atoms with Crippen LogP contribution in [0, 0.1) is 6.92 Å². The van der Waals surface area contributed by atoms with Gasteiger partial charge >= 0.3 is 0 Å². The lowest BCUT2D eigenvalue weighted by Crippen LogP contribution is -2.41. The van der Waals surface area contributed by atoms with E-state index in [-0.39, 0.29) is 12.5 Å². The molecule has 1 aromatic carbocycles. The van der Waals surface area contributed by atoms with E-state index in [0.29, 0.717) is 12.2 Å². The number of aryl methyl sites for hydroxylation is 1. The van der Waals surface area contributed by atoms with Crippen LogP contribution < -0.4 is 9.62 Å². The molecule has 0 aliphatic heterocycles. The van der Waals surface area contributed by atoms with Gasteiger partial charge in [0, 0.05) is 11.8 Å². The Labute approximate surface area is 162 Å². The van der Waals surface area contributed by atoms with Crippen molar-refractivity contribution in [2.45, 2.75) is 50.7 Å². The zero-order valence-corrected chi connectivity index (χ0v) is 17.4. The molecule has 2 rings (SSSR count). The van der Waals surface area contributed by atoms with Gasteiger partial charge in [0.05, 0.1) is 11.9 Å². The van der Waals surface area contributed by atoms with E-state index in [1.807, 2.05) is 30.8 Å². The van der Waals surface area contributed by atoms with Gasteiger partial charge in [-0.3, -0.25) is 9.10 Å². The number of nitrogens with one attached hydrogen (secondary N) is 1. The predicted molar refractivity (Wildman–Crippen MR) is 110 cm³/mol. The minimum atomic E-state index is -3.52. The number of thioether (sulfide) groups is 1. The monoisotopic (exact) mass is 398 g/mol. The van der Waals surface area contributed by atoms with Crippen LogP contribution in [-0.4, -0.2) is 44.7 Å². The number of amides is 1. The van der Waals surface area contributed by atoms with Crippen LogP contribution in [0.1, 0.15) is 44.1 Å². The number of anilines is 1. The Morgan fingerprint density at radius 3 is 2.58 bits per heavy atom. The first-order chi connectivity index (χ1) is 12.4. The van der Waals surface area contributed by atoms with Crippen molar-refractivity contribution in [2.75, 3.05) is 29.4 Å². The van der Waals surface area contributed by atoms with E-state index in [1.165, 1.54) is 36.4 Å². The SMILES string of the molecule is Cc1ccccc1N(CC(=O)NCCCSC1CCCCC1)S(C)(=O)=O. The van der Waals surface area contributed by atoms with E-state index in [9.17, 15) is 13.2 Å². The molecule has 1 saturated carbocycles. The molecule has 1 fully saturated rings. The van der Waals surface area contributed by atoms with Gasteiger partial charge in [0.25, 0.3) is 0 Å². The fourth-order valence-corrected chi connectivity index (χ4v) is 5.42. The molecule has 26 heavy (non-hydrogen) atoms. The van der Waals surface area contributed by atoms with Gasteiger partial charge < -0.3 is 5.32 Å². The Morgan fingerprint density at radius 1 is 1.23 bits per heavy atom. The molecular formula is C19H30N2O3S2. The van der Waals surface area contributed by atoms with Crippen LogP contribution in [0.2, 0.25) is 0 Å². The van der Waals surface area contributed by atoms with E-state index < -0.39 is 10.0 Å². The number of hydrogen-bond donors (Lipinski definition) is 1. The standard InChI is InChI=1S/C19H30N2O3S2/c1-16-9-6-7-12-18(16)21(26(2,23)24)15-19(22)20-13-8-14-25-17-10-4-3-5-11-17/h6-7,9,12,17H,3-5,8,10-11,13-15H2,1-2H3,(H,20,22). The van der Waals surface area contributed by atoms with Gasteiger partial charge in [0.2, 0.25) is 15.9 Å². The third kappa shape index (κ3) is 6.83. The number of rotatable bonds is 9. The zero-order chi connectivity index (χ0) is 19.0. The van der Waals surface area contributed by atoms with Gasteiger partial charge in [-0.05, 0) is 43.6 Å². The van der Waals surface area contributed by atoms with Crippen LogP contribution in [0.5, 0.6) is 0 Å². The number of benzene rings is 1. The molecule has 0 unspecified atom stereocenters. The Bertz CT molecular complexity index is 686. The summed E-state index contributed by atoms with van der Waals surface area (Å²) < 4.78 is 25.4. The van der Waals surface area contributed by atoms with Gasteiger partial charge in [0.15, 0.2) is 0 Å². The molecule has 0 spiro atoms. The van der Waals surface area contributed by atoms with Gasteiger partial charge in [-0.25, -0.2) is 8.42 Å². The maximum absolute atomic E-state index is 12.2. The van der Waals surface area contributed by atoms with Crippen molar-refractivity contribution in [1.29, 1.82) is 0 Å². The highest BCUT2D eigenvalue weighted by atomic mass is 32.2. The van der Waals surface area contributed by atoms with Crippen molar-refractivity contribution in [3.05, 3.63) is 29.8 Å². The Kier molecular flexibility index (Phi) is 8.28. The summed E-state index contributed by atoms with van der Waals surface area (Å²) >= 11 is 2.01. The second kappa shape index (κ2) is 10.2. The molecule has 7 heteroatoms. The van der Waals surface area contributed by atoms with Crippen LogP contribution in [0.3, 0.4) is 0 Å². The first-order valence-corrected chi connectivity index (χ1v) is 12.2. The van der Waals surface area contributed by atoms with Crippen LogP contribution in [0.4, 0.5) is 5.69 Å². The topological polar surface area (TPSA) is 66.5 Å². The summed E-state index contributed by atoms with van der Waals surface area (Å²) in [6.45, 7) is 2.25.